The van der Waals surface area contributed by atoms with Crippen LogP contribution in [0, 0.1) is 10.1 Å². The highest BCUT2D eigenvalue weighted by atomic mass is 16.7. The van der Waals surface area contributed by atoms with Crippen LogP contribution in [0.4, 0.5) is 5.69 Å². The number of carbonyl (C=O) groups excluding carboxylic acids is 1. The number of fused-ring (bicyclic) bond motifs is 1. The van der Waals surface area contributed by atoms with Crippen LogP contribution in [0.1, 0.15) is 30.5 Å². The maximum atomic E-state index is 12.6. The highest BCUT2D eigenvalue weighted by molar-refractivity contribution is 5.82. The van der Waals surface area contributed by atoms with Crippen molar-refractivity contribution in [1.82, 2.24) is 0 Å². The molecule has 0 radical (unpaired) electrons. The molecule has 0 atom stereocenters. The Kier molecular flexibility index (Phi) is 4.90. The van der Waals surface area contributed by atoms with Crippen LogP contribution in [-0.2, 0) is 32.9 Å². The van der Waals surface area contributed by atoms with Gasteiger partial charge in [-0.1, -0.05) is 30.3 Å². The molecule has 136 valence electrons. The van der Waals surface area contributed by atoms with E-state index in [1.807, 2.05) is 30.3 Å². The highest BCUT2D eigenvalue weighted by Crippen LogP contribution is 2.34. The van der Waals surface area contributed by atoms with Crippen LogP contribution in [0.25, 0.3) is 0 Å². The standard InChI is InChI=1S/C19H19NO6/c1-19(2,15-6-4-3-5-7-15)18(21)25-11-14-9-16(20(22)23)8-13-10-24-12-26-17(13)14/h3-9H,10-12H2,1-2H3. The van der Waals surface area contributed by atoms with E-state index in [2.05, 4.69) is 0 Å². The highest BCUT2D eigenvalue weighted by Gasteiger charge is 2.32. The van der Waals surface area contributed by atoms with E-state index >= 15 is 0 Å². The average molecular weight is 357 g/mol. The molecule has 0 bridgehead atoms. The Labute approximate surface area is 150 Å². The molecule has 3 rings (SSSR count). The number of hydrogen-bond acceptors (Lipinski definition) is 6. The molecule has 7 nitrogen and oxygen atoms in total. The summed E-state index contributed by atoms with van der Waals surface area (Å²) >= 11 is 0. The molecule has 1 aliphatic heterocycles. The van der Waals surface area contributed by atoms with Gasteiger partial charge in [-0.25, -0.2) is 0 Å². The number of hydrogen-bond donors (Lipinski definition) is 0. The normalized spacial score (nSPS) is 13.5. The monoisotopic (exact) mass is 357 g/mol. The van der Waals surface area contributed by atoms with Gasteiger partial charge in [0.25, 0.3) is 5.69 Å². The molecule has 1 heterocycles. The third-order valence-corrected chi connectivity index (χ3v) is 4.35. The third-order valence-electron chi connectivity index (χ3n) is 4.35. The lowest BCUT2D eigenvalue weighted by Crippen LogP contribution is -2.31. The Bertz CT molecular complexity index is 831. The first-order chi connectivity index (χ1) is 12.4. The summed E-state index contributed by atoms with van der Waals surface area (Å²) in [6, 6.07) is 12.1. The van der Waals surface area contributed by atoms with Gasteiger partial charge in [-0.2, -0.15) is 0 Å². The van der Waals surface area contributed by atoms with Crippen molar-refractivity contribution in [2.45, 2.75) is 32.5 Å². The minimum absolute atomic E-state index is 0.0568. The summed E-state index contributed by atoms with van der Waals surface area (Å²) in [5.41, 5.74) is 0.918. The molecule has 0 spiro atoms. The van der Waals surface area contributed by atoms with E-state index in [0.717, 1.165) is 5.56 Å². The summed E-state index contributed by atoms with van der Waals surface area (Å²) in [6.07, 6.45) is 0. The van der Waals surface area contributed by atoms with Gasteiger partial charge in [-0.15, -0.1) is 0 Å². The lowest BCUT2D eigenvalue weighted by atomic mass is 9.85. The summed E-state index contributed by atoms with van der Waals surface area (Å²) in [5, 5.41) is 11.1. The van der Waals surface area contributed by atoms with Gasteiger partial charge in [0.15, 0.2) is 6.79 Å². The van der Waals surface area contributed by atoms with Gasteiger partial charge in [0, 0.05) is 23.3 Å². The number of nitro groups is 1. The van der Waals surface area contributed by atoms with E-state index in [9.17, 15) is 14.9 Å². The van der Waals surface area contributed by atoms with Crippen LogP contribution in [0.5, 0.6) is 5.75 Å². The zero-order valence-electron chi connectivity index (χ0n) is 14.6. The number of ether oxygens (including phenoxy) is 3. The number of esters is 1. The van der Waals surface area contributed by atoms with Gasteiger partial charge in [0.05, 0.1) is 16.9 Å². The fraction of sp³-hybridized carbons (Fsp3) is 0.316. The summed E-state index contributed by atoms with van der Waals surface area (Å²) < 4.78 is 16.1. The van der Waals surface area contributed by atoms with Crippen LogP contribution in [0.2, 0.25) is 0 Å². The van der Waals surface area contributed by atoms with Crippen LogP contribution in [0.15, 0.2) is 42.5 Å². The minimum Gasteiger partial charge on any atom is -0.467 e. The Balaban J connectivity index is 1.82. The molecular weight excluding hydrogens is 338 g/mol. The van der Waals surface area contributed by atoms with Crippen LogP contribution >= 0.6 is 0 Å². The second-order valence-corrected chi connectivity index (χ2v) is 6.53. The first-order valence-electron chi connectivity index (χ1n) is 8.13. The topological polar surface area (TPSA) is 87.9 Å². The molecule has 26 heavy (non-hydrogen) atoms. The SMILES string of the molecule is CC(C)(C(=O)OCc1cc([N+](=O)[O-])cc2c1OCOC2)c1ccccc1. The molecule has 0 fully saturated rings. The molecule has 0 saturated heterocycles. The van der Waals surface area contributed by atoms with E-state index < -0.39 is 16.3 Å². The molecule has 2 aromatic rings. The molecule has 0 aliphatic carbocycles. The van der Waals surface area contributed by atoms with Crippen molar-refractivity contribution in [1.29, 1.82) is 0 Å². The van der Waals surface area contributed by atoms with E-state index in [0.29, 0.717) is 16.9 Å². The third kappa shape index (κ3) is 3.52. The number of nitrogens with zero attached hydrogens (tertiary/aromatic N) is 1. The largest absolute Gasteiger partial charge is 0.467 e. The van der Waals surface area contributed by atoms with Crippen molar-refractivity contribution in [2.24, 2.45) is 0 Å². The predicted molar refractivity (Wildman–Crippen MR) is 92.6 cm³/mol. The number of nitro benzene ring substituents is 1. The molecule has 1 aliphatic rings. The Morgan fingerprint density at radius 1 is 1.27 bits per heavy atom. The molecule has 0 amide bonds. The lowest BCUT2D eigenvalue weighted by molar-refractivity contribution is -0.385. The van der Waals surface area contributed by atoms with Crippen molar-refractivity contribution >= 4 is 11.7 Å². The second-order valence-electron chi connectivity index (χ2n) is 6.53. The number of non-ortho nitro benzene ring substituents is 1. The molecule has 2 aromatic carbocycles. The quantitative estimate of drug-likeness (QED) is 0.462. The fourth-order valence-electron chi connectivity index (χ4n) is 2.79. The van der Waals surface area contributed by atoms with E-state index in [-0.39, 0.29) is 25.7 Å². The second kappa shape index (κ2) is 7.13. The summed E-state index contributed by atoms with van der Waals surface area (Å²) in [4.78, 5) is 23.2. The Morgan fingerprint density at radius 2 is 2.00 bits per heavy atom. The smallest absolute Gasteiger partial charge is 0.316 e. The van der Waals surface area contributed by atoms with Gasteiger partial charge < -0.3 is 14.2 Å². The van der Waals surface area contributed by atoms with Crippen LogP contribution < -0.4 is 4.74 Å². The van der Waals surface area contributed by atoms with Crippen molar-refractivity contribution in [2.75, 3.05) is 6.79 Å². The first-order valence-corrected chi connectivity index (χ1v) is 8.13. The van der Waals surface area contributed by atoms with Crippen molar-refractivity contribution < 1.29 is 23.9 Å². The fourth-order valence-corrected chi connectivity index (χ4v) is 2.79. The maximum Gasteiger partial charge on any atom is 0.316 e. The molecule has 0 unspecified atom stereocenters. The van der Waals surface area contributed by atoms with Crippen LogP contribution in [-0.4, -0.2) is 17.7 Å². The van der Waals surface area contributed by atoms with Gasteiger partial charge in [-0.05, 0) is 19.4 Å². The van der Waals surface area contributed by atoms with Crippen molar-refractivity contribution in [3.63, 3.8) is 0 Å². The molecular formula is C19H19NO6. The Morgan fingerprint density at radius 3 is 2.69 bits per heavy atom. The average Bonchev–Trinajstić information content (AvgIpc) is 2.66. The van der Waals surface area contributed by atoms with Crippen molar-refractivity contribution in [3.05, 3.63) is 69.3 Å². The summed E-state index contributed by atoms with van der Waals surface area (Å²) in [6.45, 7) is 3.71. The zero-order valence-corrected chi connectivity index (χ0v) is 14.6. The van der Waals surface area contributed by atoms with E-state index in [1.54, 1.807) is 13.8 Å². The number of rotatable bonds is 5. The van der Waals surface area contributed by atoms with Crippen LogP contribution in [0.3, 0.4) is 0 Å². The maximum absolute atomic E-state index is 12.6. The van der Waals surface area contributed by atoms with Gasteiger partial charge in [0.2, 0.25) is 0 Å². The number of benzene rings is 2. The molecule has 0 N–H and O–H groups in total. The molecule has 0 saturated carbocycles. The van der Waals surface area contributed by atoms with Gasteiger partial charge in [0.1, 0.15) is 12.4 Å². The number of carbonyl (C=O) groups is 1. The summed E-state index contributed by atoms with van der Waals surface area (Å²) in [7, 11) is 0. The Hall–Kier alpha value is -2.93. The van der Waals surface area contributed by atoms with Crippen molar-refractivity contribution in [3.8, 4) is 5.75 Å². The molecule has 7 heteroatoms. The van der Waals surface area contributed by atoms with Gasteiger partial charge in [-0.3, -0.25) is 14.9 Å². The lowest BCUT2D eigenvalue weighted by Gasteiger charge is -2.24. The first kappa shape index (κ1) is 17.9. The van der Waals surface area contributed by atoms with E-state index in [1.165, 1.54) is 12.1 Å². The van der Waals surface area contributed by atoms with Gasteiger partial charge >= 0.3 is 5.97 Å². The molecule has 0 aromatic heterocycles. The zero-order chi connectivity index (χ0) is 18.7. The predicted octanol–water partition coefficient (Wildman–Crippen LogP) is 3.48. The summed E-state index contributed by atoms with van der Waals surface area (Å²) in [5.74, 6) is 0.0585. The van der Waals surface area contributed by atoms with E-state index in [4.69, 9.17) is 14.2 Å². The minimum atomic E-state index is -0.841.